The third-order valence-electron chi connectivity index (χ3n) is 4.76. The van der Waals surface area contributed by atoms with Gasteiger partial charge >= 0.3 is 0 Å². The van der Waals surface area contributed by atoms with E-state index in [-0.39, 0.29) is 30.5 Å². The van der Waals surface area contributed by atoms with Gasteiger partial charge in [0.15, 0.2) is 11.6 Å². The summed E-state index contributed by atoms with van der Waals surface area (Å²) in [5.41, 5.74) is 0.693. The number of halogens is 2. The molecule has 1 unspecified atom stereocenters. The molecule has 2 heterocycles. The second-order valence-corrected chi connectivity index (χ2v) is 6.21. The number of hydrogen-bond donors (Lipinski definition) is 1. The van der Waals surface area contributed by atoms with Gasteiger partial charge in [-0.3, -0.25) is 9.69 Å². The SMILES string of the molecule is COc1ccc(CC(=O)N2CCC(N3CCNCC3)C2)cc1F.Cl. The molecule has 2 fully saturated rings. The summed E-state index contributed by atoms with van der Waals surface area (Å²) in [6.07, 6.45) is 1.28. The molecule has 7 heteroatoms. The second kappa shape index (κ2) is 8.65. The van der Waals surface area contributed by atoms with Gasteiger partial charge in [0.1, 0.15) is 0 Å². The molecule has 0 saturated carbocycles. The Morgan fingerprint density at radius 2 is 2.08 bits per heavy atom. The Balaban J connectivity index is 0.00000208. The number of ether oxygens (including phenoxy) is 1. The summed E-state index contributed by atoms with van der Waals surface area (Å²) in [5.74, 6) is -0.133. The fourth-order valence-electron chi connectivity index (χ4n) is 3.42. The van der Waals surface area contributed by atoms with Gasteiger partial charge in [-0.2, -0.15) is 0 Å². The third kappa shape index (κ3) is 4.37. The Morgan fingerprint density at radius 3 is 2.75 bits per heavy atom. The summed E-state index contributed by atoms with van der Waals surface area (Å²) >= 11 is 0. The average Bonchev–Trinajstić information content (AvgIpc) is 3.06. The highest BCUT2D eigenvalue weighted by Gasteiger charge is 2.30. The zero-order valence-corrected chi connectivity index (χ0v) is 14.8. The van der Waals surface area contributed by atoms with Crippen LogP contribution in [0.2, 0.25) is 0 Å². The standard InChI is InChI=1S/C17H24FN3O2.ClH/c1-23-16-3-2-13(10-15(16)18)11-17(22)21-7-4-14(12-21)20-8-5-19-6-9-20;/h2-3,10,14,19H,4-9,11-12H2,1H3;1H. The molecule has 1 amide bonds. The first kappa shape index (κ1) is 19.0. The van der Waals surface area contributed by atoms with Gasteiger partial charge in [0, 0.05) is 45.3 Å². The maximum absolute atomic E-state index is 13.7. The normalized spacial score (nSPS) is 21.4. The summed E-state index contributed by atoms with van der Waals surface area (Å²) in [6, 6.07) is 5.18. The Kier molecular flexibility index (Phi) is 6.83. The number of carbonyl (C=O) groups excluding carboxylic acids is 1. The predicted molar refractivity (Wildman–Crippen MR) is 93.3 cm³/mol. The molecule has 1 N–H and O–H groups in total. The summed E-state index contributed by atoms with van der Waals surface area (Å²) in [4.78, 5) is 16.8. The van der Waals surface area contributed by atoms with Crippen LogP contribution >= 0.6 is 12.4 Å². The topological polar surface area (TPSA) is 44.8 Å². The van der Waals surface area contributed by atoms with Crippen LogP contribution in [0.5, 0.6) is 5.75 Å². The lowest BCUT2D eigenvalue weighted by Crippen LogP contribution is -2.49. The van der Waals surface area contributed by atoms with E-state index in [1.165, 1.54) is 13.2 Å². The van der Waals surface area contributed by atoms with Crippen LogP contribution in [0, 0.1) is 5.82 Å². The number of nitrogens with zero attached hydrogens (tertiary/aromatic N) is 2. The monoisotopic (exact) mass is 357 g/mol. The lowest BCUT2D eigenvalue weighted by Gasteiger charge is -2.32. The largest absolute Gasteiger partial charge is 0.494 e. The number of rotatable bonds is 4. The highest BCUT2D eigenvalue weighted by Crippen LogP contribution is 2.20. The lowest BCUT2D eigenvalue weighted by molar-refractivity contribution is -0.129. The maximum Gasteiger partial charge on any atom is 0.227 e. The van der Waals surface area contributed by atoms with Crippen molar-refractivity contribution in [1.29, 1.82) is 0 Å². The first-order valence-electron chi connectivity index (χ1n) is 8.22. The van der Waals surface area contributed by atoms with Gasteiger partial charge in [0.05, 0.1) is 13.5 Å². The highest BCUT2D eigenvalue weighted by atomic mass is 35.5. The molecule has 2 aliphatic rings. The molecule has 0 aromatic heterocycles. The summed E-state index contributed by atoms with van der Waals surface area (Å²) in [7, 11) is 1.43. The molecule has 0 spiro atoms. The molecule has 1 aromatic carbocycles. The van der Waals surface area contributed by atoms with Crippen LogP contribution in [0.25, 0.3) is 0 Å². The van der Waals surface area contributed by atoms with E-state index in [0.29, 0.717) is 11.6 Å². The molecule has 0 aliphatic carbocycles. The fourth-order valence-corrected chi connectivity index (χ4v) is 3.42. The van der Waals surface area contributed by atoms with Crippen molar-refractivity contribution < 1.29 is 13.9 Å². The van der Waals surface area contributed by atoms with Crippen LogP contribution in [0.3, 0.4) is 0 Å². The van der Waals surface area contributed by atoms with Crippen molar-refractivity contribution in [2.75, 3.05) is 46.4 Å². The van der Waals surface area contributed by atoms with E-state index in [1.54, 1.807) is 12.1 Å². The van der Waals surface area contributed by atoms with Crippen molar-refractivity contribution in [1.82, 2.24) is 15.1 Å². The number of nitrogens with one attached hydrogen (secondary N) is 1. The van der Waals surface area contributed by atoms with E-state index in [4.69, 9.17) is 4.74 Å². The van der Waals surface area contributed by atoms with Gasteiger partial charge in [0.25, 0.3) is 0 Å². The Hall–Kier alpha value is -1.37. The van der Waals surface area contributed by atoms with Crippen molar-refractivity contribution in [3.63, 3.8) is 0 Å². The van der Waals surface area contributed by atoms with Gasteiger partial charge in [-0.1, -0.05) is 6.07 Å². The van der Waals surface area contributed by atoms with Crippen molar-refractivity contribution in [3.8, 4) is 5.75 Å². The summed E-state index contributed by atoms with van der Waals surface area (Å²) in [5, 5.41) is 3.35. The minimum absolute atomic E-state index is 0. The highest BCUT2D eigenvalue weighted by molar-refractivity contribution is 5.85. The number of carbonyl (C=O) groups is 1. The predicted octanol–water partition coefficient (Wildman–Crippen LogP) is 1.30. The van der Waals surface area contributed by atoms with Crippen molar-refractivity contribution in [3.05, 3.63) is 29.6 Å². The van der Waals surface area contributed by atoms with E-state index in [2.05, 4.69) is 10.2 Å². The minimum Gasteiger partial charge on any atom is -0.494 e. The van der Waals surface area contributed by atoms with Crippen LogP contribution in [-0.4, -0.2) is 68.1 Å². The zero-order chi connectivity index (χ0) is 16.2. The third-order valence-corrected chi connectivity index (χ3v) is 4.76. The van der Waals surface area contributed by atoms with Crippen LogP contribution in [0.1, 0.15) is 12.0 Å². The van der Waals surface area contributed by atoms with Crippen LogP contribution in [-0.2, 0) is 11.2 Å². The minimum atomic E-state index is -0.419. The first-order chi connectivity index (χ1) is 11.2. The molecule has 0 radical (unpaired) electrons. The van der Waals surface area contributed by atoms with Crippen molar-refractivity contribution in [2.24, 2.45) is 0 Å². The van der Waals surface area contributed by atoms with Gasteiger partial charge in [-0.25, -0.2) is 4.39 Å². The molecule has 24 heavy (non-hydrogen) atoms. The Labute approximate surface area is 148 Å². The second-order valence-electron chi connectivity index (χ2n) is 6.21. The number of amides is 1. The molecule has 5 nitrogen and oxygen atoms in total. The van der Waals surface area contributed by atoms with Crippen LogP contribution < -0.4 is 10.1 Å². The van der Waals surface area contributed by atoms with Crippen LogP contribution in [0.4, 0.5) is 4.39 Å². The molecule has 2 saturated heterocycles. The quantitative estimate of drug-likeness (QED) is 0.882. The number of hydrogen-bond acceptors (Lipinski definition) is 4. The number of methoxy groups -OCH3 is 1. The number of benzene rings is 1. The zero-order valence-electron chi connectivity index (χ0n) is 14.0. The van der Waals surface area contributed by atoms with E-state index >= 15 is 0 Å². The Morgan fingerprint density at radius 1 is 1.33 bits per heavy atom. The number of piperazine rings is 1. The first-order valence-corrected chi connectivity index (χ1v) is 8.22. The molecule has 134 valence electrons. The van der Waals surface area contributed by atoms with E-state index in [1.807, 2.05) is 4.90 Å². The summed E-state index contributed by atoms with van der Waals surface area (Å²) in [6.45, 7) is 5.74. The maximum atomic E-state index is 13.7. The lowest BCUT2D eigenvalue weighted by atomic mass is 10.1. The number of likely N-dealkylation sites (tertiary alicyclic amines) is 1. The molecule has 2 aliphatic heterocycles. The fraction of sp³-hybridized carbons (Fsp3) is 0.588. The van der Waals surface area contributed by atoms with Gasteiger partial charge in [-0.05, 0) is 24.1 Å². The van der Waals surface area contributed by atoms with Crippen molar-refractivity contribution >= 4 is 18.3 Å². The van der Waals surface area contributed by atoms with Gasteiger partial charge < -0.3 is 15.0 Å². The van der Waals surface area contributed by atoms with Gasteiger partial charge in [-0.15, -0.1) is 12.4 Å². The Bertz CT molecular complexity index is 567. The van der Waals surface area contributed by atoms with Crippen molar-refractivity contribution in [2.45, 2.75) is 18.9 Å². The molecule has 3 rings (SSSR count). The molecule has 1 aromatic rings. The average molecular weight is 358 g/mol. The summed E-state index contributed by atoms with van der Waals surface area (Å²) < 4.78 is 18.6. The smallest absolute Gasteiger partial charge is 0.227 e. The van der Waals surface area contributed by atoms with E-state index in [0.717, 1.165) is 45.7 Å². The molecule has 1 atom stereocenters. The van der Waals surface area contributed by atoms with Crippen LogP contribution in [0.15, 0.2) is 18.2 Å². The molecular formula is C17H25ClFN3O2. The van der Waals surface area contributed by atoms with E-state index in [9.17, 15) is 9.18 Å². The van der Waals surface area contributed by atoms with Gasteiger partial charge in [0.2, 0.25) is 5.91 Å². The molecule has 0 bridgehead atoms. The molecular weight excluding hydrogens is 333 g/mol. The van der Waals surface area contributed by atoms with E-state index < -0.39 is 5.82 Å².